The molecule has 13 heteroatoms. The summed E-state index contributed by atoms with van der Waals surface area (Å²) < 4.78 is 36.5. The van der Waals surface area contributed by atoms with E-state index in [-0.39, 0.29) is 36.1 Å². The maximum Gasteiger partial charge on any atom is 0.329 e. The lowest BCUT2D eigenvalue weighted by Gasteiger charge is -2.51. The Morgan fingerprint density at radius 2 is 1.87 bits per heavy atom. The summed E-state index contributed by atoms with van der Waals surface area (Å²) in [6, 6.07) is 16.6. The number of halogens is 1. The van der Waals surface area contributed by atoms with E-state index in [0.717, 1.165) is 61.1 Å². The van der Waals surface area contributed by atoms with Gasteiger partial charge in [-0.25, -0.2) is 9.18 Å². The number of pyridine rings is 2. The topological polar surface area (TPSA) is 118 Å². The largest absolute Gasteiger partial charge is 0.497 e. The lowest BCUT2D eigenvalue weighted by atomic mass is 9.73. The second kappa shape index (κ2) is 16.3. The lowest BCUT2D eigenvalue weighted by Crippen LogP contribution is -2.56. The Bertz CT molecular complexity index is 2520. The number of esters is 1. The van der Waals surface area contributed by atoms with Crippen molar-refractivity contribution in [2.45, 2.75) is 50.4 Å². The zero-order valence-corrected chi connectivity index (χ0v) is 34.3. The molecule has 4 fully saturated rings. The van der Waals surface area contributed by atoms with Crippen molar-refractivity contribution in [1.82, 2.24) is 24.7 Å². The van der Waals surface area contributed by atoms with Gasteiger partial charge in [0.1, 0.15) is 35.8 Å². The van der Waals surface area contributed by atoms with E-state index in [9.17, 15) is 14.4 Å². The fourth-order valence-electron chi connectivity index (χ4n) is 9.75. The molecule has 2 aromatic heterocycles. The summed E-state index contributed by atoms with van der Waals surface area (Å²) in [7, 11) is 3.64. The molecule has 60 heavy (non-hydrogen) atoms. The molecule has 312 valence electrons. The summed E-state index contributed by atoms with van der Waals surface area (Å²) in [5.74, 6) is -0.284. The predicted octanol–water partition coefficient (Wildman–Crippen LogP) is 5.92. The Morgan fingerprint density at radius 1 is 1.07 bits per heavy atom. The van der Waals surface area contributed by atoms with Crippen LogP contribution in [0.25, 0.3) is 21.8 Å². The number of hydrogen-bond acceptors (Lipinski definition) is 10. The number of piperidine rings is 3. The van der Waals surface area contributed by atoms with Crippen LogP contribution in [0, 0.1) is 17.7 Å². The van der Waals surface area contributed by atoms with E-state index in [1.807, 2.05) is 84.1 Å². The van der Waals surface area contributed by atoms with Crippen LogP contribution in [0.1, 0.15) is 53.4 Å². The van der Waals surface area contributed by atoms with E-state index >= 15 is 4.39 Å². The fraction of sp³-hybridized carbons (Fsp3) is 0.404. The maximum absolute atomic E-state index is 16.2. The minimum Gasteiger partial charge on any atom is -0.497 e. The molecule has 0 saturated carbocycles. The molecule has 1 amide bonds. The minimum atomic E-state index is -1.18. The number of methoxy groups -OCH3 is 1. The van der Waals surface area contributed by atoms with Crippen LogP contribution in [-0.2, 0) is 16.0 Å². The molecule has 5 aliphatic rings. The Balaban J connectivity index is 1.08. The third kappa shape index (κ3) is 7.27. The summed E-state index contributed by atoms with van der Waals surface area (Å²) in [5.41, 5.74) is 2.26. The molecule has 5 aromatic rings. The highest BCUT2D eigenvalue weighted by atomic mass is 19.1. The summed E-state index contributed by atoms with van der Waals surface area (Å²) in [5, 5.41) is 3.76. The van der Waals surface area contributed by atoms with Crippen LogP contribution in [0.15, 0.2) is 90.5 Å². The molecule has 0 spiro atoms. The SMILES string of the molecule is C=C[C@H]1CN2CC[C@H]1C[C@H]2[C@H](OC(=O)[C@H](Cc1ccccc1)NC(=O)c1cn2c3c(c(N4CCN(C)CC4)c(F)cc3c1=O)OC[C@@H]2C)c1ccnc2ccc(OC)cc12. The van der Waals surface area contributed by atoms with Crippen LogP contribution < -0.4 is 25.1 Å². The molecule has 1 unspecified atom stereocenters. The van der Waals surface area contributed by atoms with Crippen LogP contribution in [0.5, 0.6) is 11.5 Å². The van der Waals surface area contributed by atoms with Crippen molar-refractivity contribution in [2.75, 3.05) is 64.9 Å². The number of carbonyl (C=O) groups excluding carboxylic acids is 2. The van der Waals surface area contributed by atoms with Crippen molar-refractivity contribution in [1.29, 1.82) is 0 Å². The number of fused-ring (bicyclic) bond motifs is 4. The van der Waals surface area contributed by atoms with Crippen LogP contribution in [0.2, 0.25) is 0 Å². The summed E-state index contributed by atoms with van der Waals surface area (Å²) >= 11 is 0. The number of likely N-dealkylation sites (N-methyl/N-ethyl adjacent to an activating group) is 1. The number of aromatic nitrogens is 2. The first-order valence-corrected chi connectivity index (χ1v) is 20.9. The molecule has 2 bridgehead atoms. The number of rotatable bonds is 11. The van der Waals surface area contributed by atoms with Gasteiger partial charge in [0.2, 0.25) is 5.43 Å². The summed E-state index contributed by atoms with van der Waals surface area (Å²) in [4.78, 5) is 54.8. The third-order valence-electron chi connectivity index (χ3n) is 13.1. The average molecular weight is 815 g/mol. The van der Waals surface area contributed by atoms with E-state index in [4.69, 9.17) is 14.2 Å². The number of benzene rings is 3. The normalized spacial score (nSPS) is 23.5. The second-order valence-corrected chi connectivity index (χ2v) is 16.8. The predicted molar refractivity (Wildman–Crippen MR) is 228 cm³/mol. The zero-order chi connectivity index (χ0) is 41.7. The van der Waals surface area contributed by atoms with E-state index in [1.54, 1.807) is 13.3 Å². The van der Waals surface area contributed by atoms with E-state index in [2.05, 4.69) is 26.7 Å². The molecule has 1 N–H and O–H groups in total. The van der Waals surface area contributed by atoms with Crippen molar-refractivity contribution >= 4 is 39.4 Å². The standard InChI is InChI=1S/C47H51FN6O6/c1-5-30-25-53-16-14-31(30)22-40(53)44(33-13-15-49-38-12-11-32(58-4)23-34(33)38)60-47(57)39(21-29-9-7-6-8-10-29)50-46(56)36-26-54-28(2)27-59-45-41(54)35(43(36)55)24-37(48)42(45)52-19-17-51(3)18-20-52/h5-13,15,23-24,26,28,30-31,39-40,44H,1,14,16-22,25,27H2,2-4H3,(H,50,56)/t28-,30-,31-,39-,40-,44+/m0/s1. The van der Waals surface area contributed by atoms with Crippen LogP contribution in [-0.4, -0.2) is 103 Å². The number of ether oxygens (including phenoxy) is 3. The number of hydrogen-bond donors (Lipinski definition) is 1. The molecule has 12 nitrogen and oxygen atoms in total. The average Bonchev–Trinajstić information content (AvgIpc) is 3.27. The quantitative estimate of drug-likeness (QED) is 0.127. The zero-order valence-electron chi connectivity index (χ0n) is 34.3. The van der Waals surface area contributed by atoms with E-state index in [1.165, 1.54) is 12.3 Å². The third-order valence-corrected chi connectivity index (χ3v) is 13.1. The van der Waals surface area contributed by atoms with Gasteiger partial charge in [-0.1, -0.05) is 36.4 Å². The van der Waals surface area contributed by atoms with E-state index in [0.29, 0.717) is 47.6 Å². The summed E-state index contributed by atoms with van der Waals surface area (Å²) in [6.07, 6.45) is 6.50. The smallest absolute Gasteiger partial charge is 0.329 e. The van der Waals surface area contributed by atoms with Crippen LogP contribution in [0.4, 0.5) is 10.1 Å². The van der Waals surface area contributed by atoms with Crippen molar-refractivity contribution in [3.05, 3.63) is 118 Å². The fourth-order valence-corrected chi connectivity index (χ4v) is 9.75. The lowest BCUT2D eigenvalue weighted by molar-refractivity contribution is -0.159. The highest BCUT2D eigenvalue weighted by molar-refractivity contribution is 6.01. The maximum atomic E-state index is 16.2. The number of nitrogens with one attached hydrogen (secondary N) is 1. The minimum absolute atomic E-state index is 0.0426. The van der Waals surface area contributed by atoms with Gasteiger partial charge in [-0.05, 0) is 81.1 Å². The molecule has 0 aliphatic carbocycles. The Kier molecular flexibility index (Phi) is 10.8. The first kappa shape index (κ1) is 39.7. The summed E-state index contributed by atoms with van der Waals surface area (Å²) in [6.45, 7) is 10.7. The highest BCUT2D eigenvalue weighted by Gasteiger charge is 2.45. The monoisotopic (exact) mass is 814 g/mol. The number of piperazine rings is 1. The molecule has 5 aliphatic heterocycles. The molecule has 0 radical (unpaired) electrons. The molecule has 10 rings (SSSR count). The van der Waals surface area contributed by atoms with Gasteiger partial charge in [-0.2, -0.15) is 0 Å². The van der Waals surface area contributed by atoms with Gasteiger partial charge in [-0.3, -0.25) is 19.5 Å². The van der Waals surface area contributed by atoms with E-state index < -0.39 is 35.3 Å². The first-order chi connectivity index (χ1) is 29.1. The van der Waals surface area contributed by atoms with Crippen LogP contribution in [0.3, 0.4) is 0 Å². The van der Waals surface area contributed by atoms with Crippen molar-refractivity contribution < 1.29 is 28.2 Å². The van der Waals surface area contributed by atoms with Gasteiger partial charge < -0.3 is 33.9 Å². The number of anilines is 1. The molecule has 3 aromatic carbocycles. The van der Waals surface area contributed by atoms with Gasteiger partial charge >= 0.3 is 5.97 Å². The van der Waals surface area contributed by atoms with Gasteiger partial charge in [0.25, 0.3) is 5.91 Å². The number of amides is 1. The molecule has 7 atom stereocenters. The van der Waals surface area contributed by atoms with Crippen molar-refractivity contribution in [2.24, 2.45) is 11.8 Å². The van der Waals surface area contributed by atoms with Gasteiger partial charge in [0.15, 0.2) is 11.6 Å². The van der Waals surface area contributed by atoms with Gasteiger partial charge in [0.05, 0.1) is 35.6 Å². The number of nitrogens with zero attached hydrogens (tertiary/aromatic N) is 5. The van der Waals surface area contributed by atoms with Gasteiger partial charge in [0, 0.05) is 62.5 Å². The Morgan fingerprint density at radius 3 is 2.60 bits per heavy atom. The van der Waals surface area contributed by atoms with Crippen molar-refractivity contribution in [3.63, 3.8) is 0 Å². The van der Waals surface area contributed by atoms with Crippen LogP contribution >= 0.6 is 0 Å². The number of carbonyl (C=O) groups is 2. The Labute approximate surface area is 348 Å². The molecule has 4 saturated heterocycles. The first-order valence-electron chi connectivity index (χ1n) is 20.9. The second-order valence-electron chi connectivity index (χ2n) is 16.8. The molecular formula is C47H51FN6O6. The highest BCUT2D eigenvalue weighted by Crippen LogP contribution is 2.45. The van der Waals surface area contributed by atoms with Crippen molar-refractivity contribution in [3.8, 4) is 11.5 Å². The molecular weight excluding hydrogens is 764 g/mol. The Hall–Kier alpha value is -5.79. The molecule has 7 heterocycles. The van der Waals surface area contributed by atoms with Gasteiger partial charge in [-0.15, -0.1) is 6.58 Å².